The third-order valence-electron chi connectivity index (χ3n) is 4.95. The molecule has 1 aromatic heterocycles. The summed E-state index contributed by atoms with van der Waals surface area (Å²) in [6.07, 6.45) is 6.04. The minimum absolute atomic E-state index is 0.171. The highest BCUT2D eigenvalue weighted by atomic mass is 16.2. The van der Waals surface area contributed by atoms with E-state index >= 15 is 0 Å². The SMILES string of the molecule is C[C@@H]1C[C@H](c2cccnc2)N(C(=O)CCc2cccc(N(C)C)c2)C1. The van der Waals surface area contributed by atoms with Gasteiger partial charge in [-0.1, -0.05) is 25.1 Å². The van der Waals surface area contributed by atoms with Gasteiger partial charge in [-0.25, -0.2) is 0 Å². The van der Waals surface area contributed by atoms with E-state index < -0.39 is 0 Å². The maximum Gasteiger partial charge on any atom is 0.223 e. The maximum atomic E-state index is 12.9. The number of pyridine rings is 1. The van der Waals surface area contributed by atoms with Crippen LogP contribution < -0.4 is 4.90 Å². The first kappa shape index (κ1) is 17.5. The van der Waals surface area contributed by atoms with Gasteiger partial charge < -0.3 is 9.80 Å². The molecule has 1 saturated heterocycles. The molecule has 0 spiro atoms. The second kappa shape index (κ2) is 7.68. The Morgan fingerprint density at radius 2 is 2.12 bits per heavy atom. The minimum Gasteiger partial charge on any atom is -0.378 e. The molecule has 132 valence electrons. The minimum atomic E-state index is 0.171. The third kappa shape index (κ3) is 4.19. The fourth-order valence-electron chi connectivity index (χ4n) is 3.60. The molecule has 2 aromatic rings. The van der Waals surface area contributed by atoms with Crippen molar-refractivity contribution < 1.29 is 4.79 Å². The van der Waals surface area contributed by atoms with Gasteiger partial charge in [0.15, 0.2) is 0 Å². The quantitative estimate of drug-likeness (QED) is 0.835. The summed E-state index contributed by atoms with van der Waals surface area (Å²) in [4.78, 5) is 21.2. The number of hydrogen-bond acceptors (Lipinski definition) is 3. The van der Waals surface area contributed by atoms with Crippen LogP contribution in [0.25, 0.3) is 0 Å². The fourth-order valence-corrected chi connectivity index (χ4v) is 3.60. The predicted octanol–water partition coefficient (Wildman–Crippen LogP) is 3.69. The predicted molar refractivity (Wildman–Crippen MR) is 102 cm³/mol. The highest BCUT2D eigenvalue weighted by Crippen LogP contribution is 2.35. The van der Waals surface area contributed by atoms with Crippen molar-refractivity contribution in [2.45, 2.75) is 32.2 Å². The van der Waals surface area contributed by atoms with Crippen LogP contribution >= 0.6 is 0 Å². The maximum absolute atomic E-state index is 12.9. The molecule has 1 aromatic carbocycles. The third-order valence-corrected chi connectivity index (χ3v) is 4.95. The number of amides is 1. The molecule has 0 N–H and O–H groups in total. The van der Waals surface area contributed by atoms with E-state index in [9.17, 15) is 4.79 Å². The summed E-state index contributed by atoms with van der Waals surface area (Å²) in [6, 6.07) is 12.6. The van der Waals surface area contributed by atoms with Crippen LogP contribution in [-0.2, 0) is 11.2 Å². The zero-order chi connectivity index (χ0) is 17.8. The number of anilines is 1. The number of nitrogens with zero attached hydrogens (tertiary/aromatic N) is 3. The van der Waals surface area contributed by atoms with Gasteiger partial charge in [0.2, 0.25) is 5.91 Å². The average Bonchev–Trinajstić information content (AvgIpc) is 3.02. The van der Waals surface area contributed by atoms with Crippen LogP contribution in [0.3, 0.4) is 0 Å². The lowest BCUT2D eigenvalue weighted by atomic mass is 10.0. The van der Waals surface area contributed by atoms with E-state index in [-0.39, 0.29) is 11.9 Å². The van der Waals surface area contributed by atoms with Gasteiger partial charge in [-0.3, -0.25) is 9.78 Å². The van der Waals surface area contributed by atoms with E-state index in [0.29, 0.717) is 12.3 Å². The van der Waals surface area contributed by atoms with Crippen molar-refractivity contribution in [1.82, 2.24) is 9.88 Å². The van der Waals surface area contributed by atoms with E-state index in [1.54, 1.807) is 6.20 Å². The molecule has 2 heterocycles. The lowest BCUT2D eigenvalue weighted by molar-refractivity contribution is -0.132. The van der Waals surface area contributed by atoms with E-state index in [1.165, 1.54) is 11.3 Å². The molecule has 2 atom stereocenters. The number of aromatic nitrogens is 1. The first-order valence-corrected chi connectivity index (χ1v) is 9.00. The summed E-state index contributed by atoms with van der Waals surface area (Å²) in [7, 11) is 4.07. The molecule has 0 radical (unpaired) electrons. The summed E-state index contributed by atoms with van der Waals surface area (Å²) in [6.45, 7) is 3.06. The Morgan fingerprint density at radius 3 is 2.84 bits per heavy atom. The fraction of sp³-hybridized carbons (Fsp3) is 0.429. The number of carbonyl (C=O) groups excluding carboxylic acids is 1. The van der Waals surface area contributed by atoms with Crippen molar-refractivity contribution in [3.8, 4) is 0 Å². The molecule has 1 aliphatic rings. The van der Waals surface area contributed by atoms with Crippen LogP contribution in [0, 0.1) is 5.92 Å². The van der Waals surface area contributed by atoms with E-state index in [4.69, 9.17) is 0 Å². The summed E-state index contributed by atoms with van der Waals surface area (Å²) in [5.74, 6) is 0.777. The lowest BCUT2D eigenvalue weighted by Gasteiger charge is -2.25. The van der Waals surface area contributed by atoms with Gasteiger partial charge in [0, 0.05) is 45.1 Å². The molecule has 0 aliphatic carbocycles. The molecule has 1 aliphatic heterocycles. The molecule has 1 fully saturated rings. The summed E-state index contributed by atoms with van der Waals surface area (Å²) in [5.41, 5.74) is 3.53. The summed E-state index contributed by atoms with van der Waals surface area (Å²) < 4.78 is 0. The lowest BCUT2D eigenvalue weighted by Crippen LogP contribution is -2.31. The highest BCUT2D eigenvalue weighted by Gasteiger charge is 2.33. The topological polar surface area (TPSA) is 36.4 Å². The van der Waals surface area contributed by atoms with Crippen molar-refractivity contribution in [3.05, 3.63) is 59.9 Å². The average molecular weight is 337 g/mol. The van der Waals surface area contributed by atoms with Crippen LogP contribution in [0.1, 0.15) is 36.9 Å². The molecule has 4 heteroatoms. The Bertz CT molecular complexity index is 714. The van der Waals surface area contributed by atoms with E-state index in [1.807, 2.05) is 26.4 Å². The van der Waals surface area contributed by atoms with Crippen LogP contribution in [-0.4, -0.2) is 36.4 Å². The number of rotatable bonds is 5. The zero-order valence-electron chi connectivity index (χ0n) is 15.4. The van der Waals surface area contributed by atoms with Crippen molar-refractivity contribution in [3.63, 3.8) is 0 Å². The van der Waals surface area contributed by atoms with Crippen molar-refractivity contribution >= 4 is 11.6 Å². The van der Waals surface area contributed by atoms with E-state index in [0.717, 1.165) is 24.9 Å². The molecule has 0 unspecified atom stereocenters. The smallest absolute Gasteiger partial charge is 0.223 e. The normalized spacial score (nSPS) is 19.9. The molecule has 0 bridgehead atoms. The Labute approximate surface area is 150 Å². The second-order valence-electron chi connectivity index (χ2n) is 7.25. The largest absolute Gasteiger partial charge is 0.378 e. The number of benzene rings is 1. The number of likely N-dealkylation sites (tertiary alicyclic amines) is 1. The van der Waals surface area contributed by atoms with Gasteiger partial charge in [0.05, 0.1) is 6.04 Å². The van der Waals surface area contributed by atoms with Gasteiger partial charge in [-0.2, -0.15) is 0 Å². The molecular formula is C21H27N3O. The van der Waals surface area contributed by atoms with Crippen LogP contribution in [0.4, 0.5) is 5.69 Å². The van der Waals surface area contributed by atoms with Crippen molar-refractivity contribution in [2.75, 3.05) is 25.5 Å². The number of aryl methyl sites for hydroxylation is 1. The monoisotopic (exact) mass is 337 g/mol. The first-order chi connectivity index (χ1) is 12.0. The first-order valence-electron chi connectivity index (χ1n) is 9.00. The Hall–Kier alpha value is -2.36. The Balaban J connectivity index is 1.67. The van der Waals surface area contributed by atoms with Crippen molar-refractivity contribution in [1.29, 1.82) is 0 Å². The Kier molecular flexibility index (Phi) is 5.37. The van der Waals surface area contributed by atoms with Gasteiger partial charge >= 0.3 is 0 Å². The number of hydrogen-bond donors (Lipinski definition) is 0. The van der Waals surface area contributed by atoms with Crippen LogP contribution in [0.2, 0.25) is 0 Å². The molecule has 4 nitrogen and oxygen atoms in total. The van der Waals surface area contributed by atoms with Gasteiger partial charge in [-0.15, -0.1) is 0 Å². The van der Waals surface area contributed by atoms with Gasteiger partial charge in [-0.05, 0) is 48.1 Å². The van der Waals surface area contributed by atoms with Crippen LogP contribution in [0.5, 0.6) is 0 Å². The van der Waals surface area contributed by atoms with Gasteiger partial charge in [0.25, 0.3) is 0 Å². The summed E-state index contributed by atoms with van der Waals surface area (Å²) >= 11 is 0. The molecule has 0 saturated carbocycles. The number of carbonyl (C=O) groups is 1. The highest BCUT2D eigenvalue weighted by molar-refractivity contribution is 5.77. The molecule has 3 rings (SSSR count). The second-order valence-corrected chi connectivity index (χ2v) is 7.25. The molecule has 1 amide bonds. The van der Waals surface area contributed by atoms with E-state index in [2.05, 4.69) is 52.0 Å². The zero-order valence-corrected chi connectivity index (χ0v) is 15.4. The molecular weight excluding hydrogens is 310 g/mol. The van der Waals surface area contributed by atoms with Crippen molar-refractivity contribution in [2.24, 2.45) is 5.92 Å². The van der Waals surface area contributed by atoms with Gasteiger partial charge in [0.1, 0.15) is 0 Å². The molecule has 25 heavy (non-hydrogen) atoms. The Morgan fingerprint density at radius 1 is 1.28 bits per heavy atom. The van der Waals surface area contributed by atoms with Crippen LogP contribution in [0.15, 0.2) is 48.8 Å². The summed E-state index contributed by atoms with van der Waals surface area (Å²) in [5, 5.41) is 0. The standard InChI is InChI=1S/C21H27N3O/c1-16-12-20(18-7-5-11-22-14-18)24(15-16)21(25)10-9-17-6-4-8-19(13-17)23(2)3/h4-8,11,13-14,16,20H,9-10,12,15H2,1-3H3/t16-,20-/m1/s1.